The average molecular weight is 257 g/mol. The standard InChI is InChI=1S/C13H23NO4/c1-12(2,11(16)17)6-8-14-10(15)13(4-5-13)7-9-18-3/h4-9H2,1-3H3,(H,14,15)(H,16,17). The molecule has 0 aliphatic heterocycles. The maximum absolute atomic E-state index is 12.0. The SMILES string of the molecule is COCCC1(C(=O)NCCC(C)(C)C(=O)O)CC1. The van der Waals surface area contributed by atoms with Crippen molar-refractivity contribution in [3.05, 3.63) is 0 Å². The Balaban J connectivity index is 2.32. The Kier molecular flexibility index (Phi) is 4.73. The summed E-state index contributed by atoms with van der Waals surface area (Å²) in [7, 11) is 1.63. The Bertz CT molecular complexity index is 321. The second-order valence-electron chi connectivity index (χ2n) is 5.72. The van der Waals surface area contributed by atoms with Crippen molar-refractivity contribution in [1.29, 1.82) is 0 Å². The van der Waals surface area contributed by atoms with Crippen LogP contribution in [0.5, 0.6) is 0 Å². The smallest absolute Gasteiger partial charge is 0.309 e. The van der Waals surface area contributed by atoms with E-state index in [9.17, 15) is 9.59 Å². The van der Waals surface area contributed by atoms with Crippen molar-refractivity contribution in [3.63, 3.8) is 0 Å². The first kappa shape index (κ1) is 15.0. The van der Waals surface area contributed by atoms with Gasteiger partial charge in [0.15, 0.2) is 0 Å². The van der Waals surface area contributed by atoms with Gasteiger partial charge in [-0.1, -0.05) is 0 Å². The van der Waals surface area contributed by atoms with Crippen LogP contribution in [0.2, 0.25) is 0 Å². The third-order valence-electron chi connectivity index (χ3n) is 3.73. The summed E-state index contributed by atoms with van der Waals surface area (Å²) in [5.74, 6) is -0.794. The van der Waals surface area contributed by atoms with E-state index in [-0.39, 0.29) is 11.3 Å². The lowest BCUT2D eigenvalue weighted by Crippen LogP contribution is -2.36. The lowest BCUT2D eigenvalue weighted by Gasteiger charge is -2.20. The Hall–Kier alpha value is -1.10. The first-order valence-electron chi connectivity index (χ1n) is 6.35. The highest BCUT2D eigenvalue weighted by molar-refractivity contribution is 5.85. The molecule has 5 heteroatoms. The fourth-order valence-electron chi connectivity index (χ4n) is 1.82. The summed E-state index contributed by atoms with van der Waals surface area (Å²) in [4.78, 5) is 22.9. The van der Waals surface area contributed by atoms with E-state index >= 15 is 0 Å². The lowest BCUT2D eigenvalue weighted by molar-refractivity contribution is -0.147. The molecule has 1 aliphatic rings. The van der Waals surface area contributed by atoms with Gasteiger partial charge >= 0.3 is 5.97 Å². The van der Waals surface area contributed by atoms with Crippen molar-refractivity contribution in [3.8, 4) is 0 Å². The van der Waals surface area contributed by atoms with Crippen molar-refractivity contribution in [1.82, 2.24) is 5.32 Å². The monoisotopic (exact) mass is 257 g/mol. The van der Waals surface area contributed by atoms with Gasteiger partial charge in [0.2, 0.25) is 5.91 Å². The summed E-state index contributed by atoms with van der Waals surface area (Å²) in [6.07, 6.45) is 3.00. The molecule has 0 atom stereocenters. The molecular weight excluding hydrogens is 234 g/mol. The number of hydrogen-bond acceptors (Lipinski definition) is 3. The number of methoxy groups -OCH3 is 1. The molecule has 1 saturated carbocycles. The van der Waals surface area contributed by atoms with Crippen LogP contribution in [-0.2, 0) is 14.3 Å². The van der Waals surface area contributed by atoms with Crippen LogP contribution in [0.15, 0.2) is 0 Å². The molecule has 18 heavy (non-hydrogen) atoms. The van der Waals surface area contributed by atoms with Crippen LogP contribution >= 0.6 is 0 Å². The molecule has 1 fully saturated rings. The van der Waals surface area contributed by atoms with Gasteiger partial charge in [0, 0.05) is 20.3 Å². The molecule has 0 aromatic carbocycles. The van der Waals surface area contributed by atoms with Crippen LogP contribution in [0, 0.1) is 10.8 Å². The molecule has 1 amide bonds. The predicted molar refractivity (Wildman–Crippen MR) is 67.2 cm³/mol. The van der Waals surface area contributed by atoms with Gasteiger partial charge in [-0.2, -0.15) is 0 Å². The topological polar surface area (TPSA) is 75.6 Å². The number of nitrogens with one attached hydrogen (secondary N) is 1. The number of carboxylic acids is 1. The first-order valence-corrected chi connectivity index (χ1v) is 6.35. The molecule has 0 unspecified atom stereocenters. The molecule has 1 aliphatic carbocycles. The summed E-state index contributed by atoms with van der Waals surface area (Å²) >= 11 is 0. The molecule has 1 rings (SSSR count). The molecule has 0 spiro atoms. The summed E-state index contributed by atoms with van der Waals surface area (Å²) in [6.45, 7) is 4.33. The van der Waals surface area contributed by atoms with E-state index in [1.807, 2.05) is 0 Å². The van der Waals surface area contributed by atoms with Gasteiger partial charge in [0.1, 0.15) is 0 Å². The highest BCUT2D eigenvalue weighted by atomic mass is 16.5. The van der Waals surface area contributed by atoms with Crippen molar-refractivity contribution >= 4 is 11.9 Å². The normalized spacial score (nSPS) is 17.3. The molecule has 104 valence electrons. The van der Waals surface area contributed by atoms with Crippen molar-refractivity contribution < 1.29 is 19.4 Å². The average Bonchev–Trinajstić information content (AvgIpc) is 3.07. The largest absolute Gasteiger partial charge is 0.481 e. The zero-order valence-corrected chi connectivity index (χ0v) is 11.4. The quantitative estimate of drug-likeness (QED) is 0.689. The molecule has 0 aromatic rings. The van der Waals surface area contributed by atoms with Gasteiger partial charge in [0.25, 0.3) is 0 Å². The van der Waals surface area contributed by atoms with Gasteiger partial charge < -0.3 is 15.2 Å². The first-order chi connectivity index (χ1) is 8.34. The van der Waals surface area contributed by atoms with E-state index in [2.05, 4.69) is 5.32 Å². The number of aliphatic carboxylic acids is 1. The van der Waals surface area contributed by atoms with E-state index in [4.69, 9.17) is 9.84 Å². The number of ether oxygens (including phenoxy) is 1. The van der Waals surface area contributed by atoms with Crippen molar-refractivity contribution in [2.24, 2.45) is 10.8 Å². The molecule has 5 nitrogen and oxygen atoms in total. The van der Waals surface area contributed by atoms with Gasteiger partial charge in [0.05, 0.1) is 10.8 Å². The van der Waals surface area contributed by atoms with Crippen LogP contribution in [0.1, 0.15) is 39.5 Å². The molecule has 2 N–H and O–H groups in total. The van der Waals surface area contributed by atoms with Crippen LogP contribution < -0.4 is 5.32 Å². The summed E-state index contributed by atoms with van der Waals surface area (Å²) < 4.78 is 5.00. The highest BCUT2D eigenvalue weighted by Crippen LogP contribution is 2.48. The number of amides is 1. The highest BCUT2D eigenvalue weighted by Gasteiger charge is 2.49. The molecule has 0 heterocycles. The third-order valence-corrected chi connectivity index (χ3v) is 3.73. The Morgan fingerprint density at radius 2 is 2.00 bits per heavy atom. The van der Waals surface area contributed by atoms with E-state index in [1.54, 1.807) is 21.0 Å². The van der Waals surface area contributed by atoms with Crippen LogP contribution in [0.3, 0.4) is 0 Å². The zero-order valence-electron chi connectivity index (χ0n) is 11.4. The third kappa shape index (κ3) is 3.70. The van der Waals surface area contributed by atoms with E-state index < -0.39 is 11.4 Å². The summed E-state index contributed by atoms with van der Waals surface area (Å²) in [5, 5.41) is 11.8. The number of hydrogen-bond donors (Lipinski definition) is 2. The Labute approximate surface area is 108 Å². The predicted octanol–water partition coefficient (Wildman–Crippen LogP) is 1.42. The number of carboxylic acid groups (broad SMARTS) is 1. The lowest BCUT2D eigenvalue weighted by atomic mass is 9.89. The Morgan fingerprint density at radius 3 is 2.44 bits per heavy atom. The van der Waals surface area contributed by atoms with Crippen LogP contribution in [-0.4, -0.2) is 37.2 Å². The molecular formula is C13H23NO4. The van der Waals surface area contributed by atoms with Crippen molar-refractivity contribution in [2.45, 2.75) is 39.5 Å². The number of carbonyl (C=O) groups is 2. The van der Waals surface area contributed by atoms with Gasteiger partial charge in [-0.3, -0.25) is 9.59 Å². The minimum absolute atomic E-state index is 0.0424. The Morgan fingerprint density at radius 1 is 1.39 bits per heavy atom. The summed E-state index contributed by atoms with van der Waals surface area (Å²) in [5.41, 5.74) is -1.04. The molecule has 0 bridgehead atoms. The van der Waals surface area contributed by atoms with Crippen molar-refractivity contribution in [2.75, 3.05) is 20.3 Å². The number of carbonyl (C=O) groups excluding carboxylic acids is 1. The van der Waals surface area contributed by atoms with Gasteiger partial charge in [-0.05, 0) is 39.5 Å². The van der Waals surface area contributed by atoms with Crippen LogP contribution in [0.4, 0.5) is 0 Å². The fraction of sp³-hybridized carbons (Fsp3) is 0.846. The van der Waals surface area contributed by atoms with E-state index in [0.717, 1.165) is 19.3 Å². The minimum Gasteiger partial charge on any atom is -0.481 e. The summed E-state index contributed by atoms with van der Waals surface area (Å²) in [6, 6.07) is 0. The van der Waals surface area contributed by atoms with E-state index in [0.29, 0.717) is 19.6 Å². The fourth-order valence-corrected chi connectivity index (χ4v) is 1.82. The maximum Gasteiger partial charge on any atom is 0.309 e. The van der Waals surface area contributed by atoms with Crippen LogP contribution in [0.25, 0.3) is 0 Å². The van der Waals surface area contributed by atoms with Gasteiger partial charge in [-0.25, -0.2) is 0 Å². The second kappa shape index (κ2) is 5.69. The second-order valence-corrected chi connectivity index (χ2v) is 5.72. The number of rotatable bonds is 8. The molecule has 0 saturated heterocycles. The minimum atomic E-state index is -0.836. The molecule has 0 aromatic heterocycles. The zero-order chi connectivity index (χ0) is 13.8. The maximum atomic E-state index is 12.0. The van der Waals surface area contributed by atoms with E-state index in [1.165, 1.54) is 0 Å². The molecule has 0 radical (unpaired) electrons. The van der Waals surface area contributed by atoms with Gasteiger partial charge in [-0.15, -0.1) is 0 Å².